The lowest BCUT2D eigenvalue weighted by atomic mass is 10.1. The molecule has 0 atom stereocenters. The number of hydrogen-bond acceptors (Lipinski definition) is 3. The van der Waals surface area contributed by atoms with E-state index in [-0.39, 0.29) is 18.3 Å². The van der Waals surface area contributed by atoms with Crippen LogP contribution in [0.2, 0.25) is 0 Å². The second-order valence-electron chi connectivity index (χ2n) is 4.09. The van der Waals surface area contributed by atoms with Gasteiger partial charge in [0.1, 0.15) is 5.58 Å². The standard InChI is InChI=1S/C13H15BrN2O2.ClH/c1-8-10-7-9(14)3-4-11(10)18-12(8)13(17)16-6-2-5-15;/h3-4,7H,2,5-6,15H2,1H3,(H,16,17);1H. The van der Waals surface area contributed by atoms with Gasteiger partial charge in [-0.3, -0.25) is 4.79 Å². The van der Waals surface area contributed by atoms with Gasteiger partial charge in [-0.25, -0.2) is 0 Å². The summed E-state index contributed by atoms with van der Waals surface area (Å²) in [7, 11) is 0. The third kappa shape index (κ3) is 3.49. The first-order valence-electron chi connectivity index (χ1n) is 5.80. The van der Waals surface area contributed by atoms with Gasteiger partial charge in [0.2, 0.25) is 0 Å². The van der Waals surface area contributed by atoms with Crippen molar-refractivity contribution in [3.05, 3.63) is 34.0 Å². The fourth-order valence-electron chi connectivity index (χ4n) is 1.79. The number of benzene rings is 1. The number of amides is 1. The van der Waals surface area contributed by atoms with Gasteiger partial charge in [0.05, 0.1) is 0 Å². The molecule has 1 amide bonds. The normalized spacial score (nSPS) is 10.3. The van der Waals surface area contributed by atoms with Crippen molar-refractivity contribution in [3.8, 4) is 0 Å². The molecule has 0 saturated heterocycles. The van der Waals surface area contributed by atoms with Crippen LogP contribution in [0.1, 0.15) is 22.5 Å². The van der Waals surface area contributed by atoms with Crippen molar-refractivity contribution in [2.45, 2.75) is 13.3 Å². The van der Waals surface area contributed by atoms with E-state index in [0.717, 1.165) is 27.4 Å². The summed E-state index contributed by atoms with van der Waals surface area (Å²) in [6, 6.07) is 5.69. The van der Waals surface area contributed by atoms with Crippen LogP contribution >= 0.6 is 28.3 Å². The van der Waals surface area contributed by atoms with E-state index < -0.39 is 0 Å². The minimum atomic E-state index is -0.187. The van der Waals surface area contributed by atoms with Crippen molar-refractivity contribution in [2.24, 2.45) is 5.73 Å². The van der Waals surface area contributed by atoms with Gasteiger partial charge in [0, 0.05) is 22.0 Å². The molecule has 2 aromatic rings. The monoisotopic (exact) mass is 346 g/mol. The van der Waals surface area contributed by atoms with E-state index in [4.69, 9.17) is 10.2 Å². The molecule has 2 rings (SSSR count). The second-order valence-corrected chi connectivity index (χ2v) is 5.01. The van der Waals surface area contributed by atoms with E-state index >= 15 is 0 Å². The molecular weight excluding hydrogens is 332 g/mol. The summed E-state index contributed by atoms with van der Waals surface area (Å²) in [5, 5.41) is 3.74. The number of fused-ring (bicyclic) bond motifs is 1. The zero-order valence-electron chi connectivity index (χ0n) is 10.5. The maximum absolute atomic E-state index is 11.9. The Kier molecular flexibility index (Phi) is 5.85. The first-order chi connectivity index (χ1) is 8.63. The van der Waals surface area contributed by atoms with Crippen LogP contribution in [0.5, 0.6) is 0 Å². The Balaban J connectivity index is 0.00000180. The SMILES string of the molecule is Cc1c(C(=O)NCCCN)oc2ccc(Br)cc12.Cl. The van der Waals surface area contributed by atoms with Gasteiger partial charge in [-0.05, 0) is 38.1 Å². The summed E-state index contributed by atoms with van der Waals surface area (Å²) in [6.45, 7) is 3.01. The highest BCUT2D eigenvalue weighted by atomic mass is 79.9. The van der Waals surface area contributed by atoms with Crippen molar-refractivity contribution >= 4 is 45.2 Å². The Morgan fingerprint density at radius 1 is 1.47 bits per heavy atom. The van der Waals surface area contributed by atoms with Crippen molar-refractivity contribution in [1.82, 2.24) is 5.32 Å². The van der Waals surface area contributed by atoms with Gasteiger partial charge in [0.15, 0.2) is 5.76 Å². The Labute approximate surface area is 126 Å². The van der Waals surface area contributed by atoms with Gasteiger partial charge in [0.25, 0.3) is 5.91 Å². The fraction of sp³-hybridized carbons (Fsp3) is 0.308. The number of carbonyl (C=O) groups is 1. The maximum Gasteiger partial charge on any atom is 0.287 e. The molecule has 0 saturated carbocycles. The highest BCUT2D eigenvalue weighted by Gasteiger charge is 2.17. The van der Waals surface area contributed by atoms with Crippen LogP contribution in [0.15, 0.2) is 27.1 Å². The molecule has 0 fully saturated rings. The van der Waals surface area contributed by atoms with Gasteiger partial charge in [-0.2, -0.15) is 0 Å². The summed E-state index contributed by atoms with van der Waals surface area (Å²) in [4.78, 5) is 11.9. The predicted octanol–water partition coefficient (Wildman–Crippen LogP) is 3.00. The van der Waals surface area contributed by atoms with Crippen LogP contribution in [0.25, 0.3) is 11.0 Å². The Morgan fingerprint density at radius 3 is 2.89 bits per heavy atom. The van der Waals surface area contributed by atoms with Crippen LogP contribution in [0.4, 0.5) is 0 Å². The molecule has 0 unspecified atom stereocenters. The van der Waals surface area contributed by atoms with E-state index in [1.165, 1.54) is 0 Å². The molecule has 19 heavy (non-hydrogen) atoms. The van der Waals surface area contributed by atoms with Crippen molar-refractivity contribution < 1.29 is 9.21 Å². The Hall–Kier alpha value is -1.04. The van der Waals surface area contributed by atoms with Gasteiger partial charge >= 0.3 is 0 Å². The number of furan rings is 1. The number of nitrogens with two attached hydrogens (primary N) is 1. The quantitative estimate of drug-likeness (QED) is 0.835. The lowest BCUT2D eigenvalue weighted by molar-refractivity contribution is 0.0927. The number of rotatable bonds is 4. The maximum atomic E-state index is 11.9. The van der Waals surface area contributed by atoms with Gasteiger partial charge in [-0.1, -0.05) is 15.9 Å². The predicted molar refractivity (Wildman–Crippen MR) is 81.9 cm³/mol. The first-order valence-corrected chi connectivity index (χ1v) is 6.59. The molecule has 104 valence electrons. The fourth-order valence-corrected chi connectivity index (χ4v) is 2.16. The summed E-state index contributed by atoms with van der Waals surface area (Å²) in [6.07, 6.45) is 0.760. The first kappa shape index (κ1) is 16.0. The zero-order valence-corrected chi connectivity index (χ0v) is 12.9. The van der Waals surface area contributed by atoms with E-state index in [9.17, 15) is 4.79 Å². The minimum absolute atomic E-state index is 0. The molecule has 0 spiro atoms. The smallest absolute Gasteiger partial charge is 0.287 e. The molecule has 3 N–H and O–H groups in total. The summed E-state index contributed by atoms with van der Waals surface area (Å²) in [5.41, 5.74) is 6.96. The average molecular weight is 348 g/mol. The number of carbonyl (C=O) groups excluding carboxylic acids is 1. The third-order valence-electron chi connectivity index (χ3n) is 2.77. The summed E-state index contributed by atoms with van der Waals surface area (Å²) < 4.78 is 6.55. The highest BCUT2D eigenvalue weighted by Crippen LogP contribution is 2.27. The van der Waals surface area contributed by atoms with E-state index in [1.807, 2.05) is 25.1 Å². The molecule has 1 aromatic carbocycles. The largest absolute Gasteiger partial charge is 0.451 e. The van der Waals surface area contributed by atoms with E-state index in [2.05, 4.69) is 21.2 Å². The van der Waals surface area contributed by atoms with Crippen molar-refractivity contribution in [2.75, 3.05) is 13.1 Å². The molecule has 0 aliphatic carbocycles. The molecule has 0 bridgehead atoms. The number of hydrogen-bond donors (Lipinski definition) is 2. The average Bonchev–Trinajstić information content (AvgIpc) is 2.67. The molecule has 0 radical (unpaired) electrons. The molecule has 0 aliphatic heterocycles. The molecular formula is C13H16BrClN2O2. The Bertz CT molecular complexity index is 583. The number of halogens is 2. The van der Waals surface area contributed by atoms with Gasteiger partial charge in [-0.15, -0.1) is 12.4 Å². The van der Waals surface area contributed by atoms with Crippen LogP contribution in [-0.2, 0) is 0 Å². The van der Waals surface area contributed by atoms with Crippen LogP contribution in [0.3, 0.4) is 0 Å². The minimum Gasteiger partial charge on any atom is -0.451 e. The highest BCUT2D eigenvalue weighted by molar-refractivity contribution is 9.10. The van der Waals surface area contributed by atoms with Crippen LogP contribution < -0.4 is 11.1 Å². The summed E-state index contributed by atoms with van der Waals surface area (Å²) >= 11 is 3.41. The molecule has 0 aliphatic rings. The molecule has 1 heterocycles. The Morgan fingerprint density at radius 2 is 2.21 bits per heavy atom. The molecule has 4 nitrogen and oxygen atoms in total. The molecule has 1 aromatic heterocycles. The third-order valence-corrected chi connectivity index (χ3v) is 3.26. The van der Waals surface area contributed by atoms with E-state index in [0.29, 0.717) is 18.8 Å². The lowest BCUT2D eigenvalue weighted by Crippen LogP contribution is -2.26. The lowest BCUT2D eigenvalue weighted by Gasteiger charge is -2.01. The van der Waals surface area contributed by atoms with Crippen molar-refractivity contribution in [1.29, 1.82) is 0 Å². The molecule has 6 heteroatoms. The van der Waals surface area contributed by atoms with Crippen molar-refractivity contribution in [3.63, 3.8) is 0 Å². The van der Waals surface area contributed by atoms with Gasteiger partial charge < -0.3 is 15.5 Å². The topological polar surface area (TPSA) is 68.3 Å². The second kappa shape index (κ2) is 6.93. The summed E-state index contributed by atoms with van der Waals surface area (Å²) in [5.74, 6) is 0.188. The van der Waals surface area contributed by atoms with E-state index in [1.54, 1.807) is 0 Å². The van der Waals surface area contributed by atoms with Crippen LogP contribution in [-0.4, -0.2) is 19.0 Å². The number of nitrogens with one attached hydrogen (secondary N) is 1. The van der Waals surface area contributed by atoms with Crippen LogP contribution in [0, 0.1) is 6.92 Å². The zero-order chi connectivity index (χ0) is 13.1. The number of aryl methyl sites for hydroxylation is 1.